The standard InChI is InChI=1S/C15H23N3O3/c1-15(2,18(3)4)10-16-14(21)17-12(13(19)20)11-8-6-5-7-9-11/h5-9,12H,10H2,1-4H3,(H,19,20)(H2,16,17,21). The molecule has 116 valence electrons. The molecule has 0 radical (unpaired) electrons. The van der Waals surface area contributed by atoms with Crippen LogP contribution in [0.2, 0.25) is 0 Å². The highest BCUT2D eigenvalue weighted by atomic mass is 16.4. The lowest BCUT2D eigenvalue weighted by Crippen LogP contribution is -2.51. The average Bonchev–Trinajstić information content (AvgIpc) is 2.43. The normalized spacial score (nSPS) is 12.8. The van der Waals surface area contributed by atoms with Crippen LogP contribution in [0.25, 0.3) is 0 Å². The monoisotopic (exact) mass is 293 g/mol. The molecule has 0 saturated heterocycles. The highest BCUT2D eigenvalue weighted by Gasteiger charge is 2.24. The fourth-order valence-electron chi connectivity index (χ4n) is 1.57. The quantitative estimate of drug-likeness (QED) is 0.741. The predicted molar refractivity (Wildman–Crippen MR) is 81.1 cm³/mol. The molecule has 0 aliphatic rings. The van der Waals surface area contributed by atoms with Crippen LogP contribution in [-0.4, -0.2) is 48.2 Å². The summed E-state index contributed by atoms with van der Waals surface area (Å²) in [7, 11) is 3.84. The van der Waals surface area contributed by atoms with Crippen LogP contribution < -0.4 is 10.6 Å². The predicted octanol–water partition coefficient (Wildman–Crippen LogP) is 1.45. The van der Waals surface area contributed by atoms with Crippen molar-refractivity contribution < 1.29 is 14.7 Å². The molecule has 0 aliphatic heterocycles. The van der Waals surface area contributed by atoms with Crippen LogP contribution in [0.3, 0.4) is 0 Å². The first-order valence-electron chi connectivity index (χ1n) is 6.73. The number of likely N-dealkylation sites (N-methyl/N-ethyl adjacent to an activating group) is 1. The summed E-state index contributed by atoms with van der Waals surface area (Å²) in [6, 6.07) is 7.04. The smallest absolute Gasteiger partial charge is 0.330 e. The van der Waals surface area contributed by atoms with Gasteiger partial charge >= 0.3 is 12.0 Å². The Morgan fingerprint density at radius 3 is 2.29 bits per heavy atom. The minimum absolute atomic E-state index is 0.219. The molecule has 0 fully saturated rings. The number of rotatable bonds is 6. The third-order valence-electron chi connectivity index (χ3n) is 3.55. The maximum Gasteiger partial charge on any atom is 0.330 e. The molecule has 1 aromatic rings. The number of hydrogen-bond donors (Lipinski definition) is 3. The van der Waals surface area contributed by atoms with Gasteiger partial charge in [-0.3, -0.25) is 0 Å². The fraction of sp³-hybridized carbons (Fsp3) is 0.467. The van der Waals surface area contributed by atoms with Gasteiger partial charge in [-0.15, -0.1) is 0 Å². The number of amides is 2. The number of hydrogen-bond acceptors (Lipinski definition) is 3. The maximum absolute atomic E-state index is 11.9. The Morgan fingerprint density at radius 1 is 1.24 bits per heavy atom. The third kappa shape index (κ3) is 5.07. The van der Waals surface area contributed by atoms with Gasteiger partial charge in [0, 0.05) is 12.1 Å². The summed E-state index contributed by atoms with van der Waals surface area (Å²) in [4.78, 5) is 25.2. The molecule has 1 rings (SSSR count). The molecule has 6 nitrogen and oxygen atoms in total. The number of nitrogens with one attached hydrogen (secondary N) is 2. The van der Waals surface area contributed by atoms with Gasteiger partial charge in [0.05, 0.1) is 0 Å². The summed E-state index contributed by atoms with van der Waals surface area (Å²) >= 11 is 0. The van der Waals surface area contributed by atoms with E-state index in [9.17, 15) is 14.7 Å². The molecule has 0 aromatic heterocycles. The summed E-state index contributed by atoms with van der Waals surface area (Å²) in [6.45, 7) is 4.38. The molecule has 1 unspecified atom stereocenters. The van der Waals surface area contributed by atoms with E-state index in [4.69, 9.17) is 0 Å². The number of urea groups is 1. The van der Waals surface area contributed by atoms with Crippen LogP contribution in [-0.2, 0) is 4.79 Å². The average molecular weight is 293 g/mol. The van der Waals surface area contributed by atoms with Crippen molar-refractivity contribution >= 4 is 12.0 Å². The zero-order chi connectivity index (χ0) is 16.0. The van der Waals surface area contributed by atoms with E-state index in [1.165, 1.54) is 0 Å². The number of nitrogens with zero attached hydrogens (tertiary/aromatic N) is 1. The van der Waals surface area contributed by atoms with Gasteiger partial charge in [0.2, 0.25) is 0 Å². The van der Waals surface area contributed by atoms with Crippen molar-refractivity contribution in [3.05, 3.63) is 35.9 Å². The molecule has 0 saturated carbocycles. The Balaban J connectivity index is 2.65. The van der Waals surface area contributed by atoms with E-state index in [0.717, 1.165) is 0 Å². The second kappa shape index (κ2) is 7.08. The van der Waals surface area contributed by atoms with Crippen LogP contribution in [0.5, 0.6) is 0 Å². The van der Waals surface area contributed by atoms with Crippen LogP contribution in [0.1, 0.15) is 25.5 Å². The van der Waals surface area contributed by atoms with Gasteiger partial charge < -0.3 is 20.6 Å². The molecule has 1 atom stereocenters. The Kier molecular flexibility index (Phi) is 5.72. The molecule has 0 heterocycles. The van der Waals surface area contributed by atoms with E-state index in [0.29, 0.717) is 12.1 Å². The molecule has 1 aromatic carbocycles. The van der Waals surface area contributed by atoms with Gasteiger partial charge in [0.15, 0.2) is 6.04 Å². The highest BCUT2D eigenvalue weighted by Crippen LogP contribution is 2.13. The van der Waals surface area contributed by atoms with Crippen molar-refractivity contribution in [2.24, 2.45) is 0 Å². The van der Waals surface area contributed by atoms with Crippen molar-refractivity contribution in [2.75, 3.05) is 20.6 Å². The molecular formula is C15H23N3O3. The van der Waals surface area contributed by atoms with Crippen molar-refractivity contribution in [3.8, 4) is 0 Å². The van der Waals surface area contributed by atoms with Gasteiger partial charge in [-0.2, -0.15) is 0 Å². The summed E-state index contributed by atoms with van der Waals surface area (Å²) in [5, 5.41) is 14.4. The number of carbonyl (C=O) groups excluding carboxylic acids is 1. The summed E-state index contributed by atoms with van der Waals surface area (Å²) < 4.78 is 0. The molecule has 0 bridgehead atoms. The molecule has 21 heavy (non-hydrogen) atoms. The molecule has 0 spiro atoms. The second-order valence-electron chi connectivity index (χ2n) is 5.72. The fourth-order valence-corrected chi connectivity index (χ4v) is 1.57. The van der Waals surface area contributed by atoms with E-state index in [1.807, 2.05) is 32.8 Å². The summed E-state index contributed by atoms with van der Waals surface area (Å²) in [6.07, 6.45) is 0. The largest absolute Gasteiger partial charge is 0.479 e. The van der Waals surface area contributed by atoms with Crippen LogP contribution >= 0.6 is 0 Å². The summed E-state index contributed by atoms with van der Waals surface area (Å²) in [5.41, 5.74) is 0.315. The van der Waals surface area contributed by atoms with E-state index in [2.05, 4.69) is 10.6 Å². The van der Waals surface area contributed by atoms with E-state index >= 15 is 0 Å². The Bertz CT molecular complexity index is 486. The van der Waals surface area contributed by atoms with Gasteiger partial charge in [-0.05, 0) is 33.5 Å². The Morgan fingerprint density at radius 2 is 1.81 bits per heavy atom. The number of carboxylic acids is 1. The van der Waals surface area contributed by atoms with Gasteiger partial charge in [0.1, 0.15) is 0 Å². The minimum atomic E-state index is -1.09. The highest BCUT2D eigenvalue weighted by molar-refractivity contribution is 5.83. The van der Waals surface area contributed by atoms with Gasteiger partial charge in [0.25, 0.3) is 0 Å². The first-order chi connectivity index (χ1) is 9.74. The lowest BCUT2D eigenvalue weighted by Gasteiger charge is -2.32. The first kappa shape index (κ1) is 17.0. The zero-order valence-electron chi connectivity index (χ0n) is 12.9. The first-order valence-corrected chi connectivity index (χ1v) is 6.73. The van der Waals surface area contributed by atoms with Crippen LogP contribution in [0, 0.1) is 0 Å². The number of benzene rings is 1. The number of aliphatic carboxylic acids is 1. The lowest BCUT2D eigenvalue weighted by molar-refractivity contribution is -0.139. The molecular weight excluding hydrogens is 270 g/mol. The molecule has 2 amide bonds. The number of carboxylic acid groups (broad SMARTS) is 1. The van der Waals surface area contributed by atoms with E-state index in [-0.39, 0.29) is 5.54 Å². The SMILES string of the molecule is CN(C)C(C)(C)CNC(=O)NC(C(=O)O)c1ccccc1. The van der Waals surface area contributed by atoms with E-state index < -0.39 is 18.0 Å². The molecule has 6 heteroatoms. The van der Waals surface area contributed by atoms with Crippen molar-refractivity contribution in [2.45, 2.75) is 25.4 Å². The number of carbonyl (C=O) groups is 2. The van der Waals surface area contributed by atoms with Gasteiger partial charge in [-0.1, -0.05) is 30.3 Å². The Hall–Kier alpha value is -2.08. The summed E-state index contributed by atoms with van der Waals surface area (Å²) in [5.74, 6) is -1.09. The Labute approximate surface area is 125 Å². The van der Waals surface area contributed by atoms with Crippen LogP contribution in [0.15, 0.2) is 30.3 Å². The second-order valence-corrected chi connectivity index (χ2v) is 5.72. The molecule has 3 N–H and O–H groups in total. The van der Waals surface area contributed by atoms with Crippen molar-refractivity contribution in [1.29, 1.82) is 0 Å². The zero-order valence-corrected chi connectivity index (χ0v) is 12.9. The van der Waals surface area contributed by atoms with E-state index in [1.54, 1.807) is 30.3 Å². The topological polar surface area (TPSA) is 81.7 Å². The van der Waals surface area contributed by atoms with Crippen LogP contribution in [0.4, 0.5) is 4.79 Å². The third-order valence-corrected chi connectivity index (χ3v) is 3.55. The maximum atomic E-state index is 11.9. The van der Waals surface area contributed by atoms with Gasteiger partial charge in [-0.25, -0.2) is 9.59 Å². The minimum Gasteiger partial charge on any atom is -0.479 e. The van der Waals surface area contributed by atoms with Crippen molar-refractivity contribution in [1.82, 2.24) is 15.5 Å². The van der Waals surface area contributed by atoms with Crippen molar-refractivity contribution in [3.63, 3.8) is 0 Å². The lowest BCUT2D eigenvalue weighted by atomic mass is 10.0. The molecule has 0 aliphatic carbocycles.